The second-order valence-electron chi connectivity index (χ2n) is 4.29. The van der Waals surface area contributed by atoms with Gasteiger partial charge in [0.05, 0.1) is 25.9 Å². The number of methoxy groups -OCH3 is 1. The number of aromatic hydroxyl groups is 1. The van der Waals surface area contributed by atoms with Gasteiger partial charge < -0.3 is 25.4 Å². The van der Waals surface area contributed by atoms with Crippen molar-refractivity contribution in [3.63, 3.8) is 0 Å². The summed E-state index contributed by atoms with van der Waals surface area (Å²) in [6, 6.07) is 4.22. The Morgan fingerprint density at radius 3 is 2.42 bits per heavy atom. The molecule has 0 aliphatic heterocycles. The van der Waals surface area contributed by atoms with Crippen molar-refractivity contribution in [2.24, 2.45) is 0 Å². The predicted molar refractivity (Wildman–Crippen MR) is 69.3 cm³/mol. The van der Waals surface area contributed by atoms with Crippen molar-refractivity contribution < 1.29 is 24.9 Å². The van der Waals surface area contributed by atoms with Gasteiger partial charge in [0.2, 0.25) is 0 Å². The van der Waals surface area contributed by atoms with E-state index in [1.807, 2.05) is 0 Å². The van der Waals surface area contributed by atoms with Gasteiger partial charge in [-0.15, -0.1) is 0 Å². The normalized spacial score (nSPS) is 11.2. The molecule has 1 aromatic carbocycles. The summed E-state index contributed by atoms with van der Waals surface area (Å²) in [5.74, 6) is -0.365. The highest BCUT2D eigenvalue weighted by Gasteiger charge is 2.29. The third kappa shape index (κ3) is 3.36. The van der Waals surface area contributed by atoms with Crippen LogP contribution in [0.25, 0.3) is 0 Å². The first-order valence-corrected chi connectivity index (χ1v) is 5.93. The van der Waals surface area contributed by atoms with Crippen LogP contribution in [0.4, 0.5) is 0 Å². The van der Waals surface area contributed by atoms with Crippen LogP contribution in [0.3, 0.4) is 0 Å². The van der Waals surface area contributed by atoms with E-state index in [1.54, 1.807) is 6.92 Å². The Morgan fingerprint density at radius 2 is 2.00 bits per heavy atom. The van der Waals surface area contributed by atoms with Crippen LogP contribution >= 0.6 is 0 Å². The summed E-state index contributed by atoms with van der Waals surface area (Å²) < 4.78 is 4.88. The van der Waals surface area contributed by atoms with Crippen molar-refractivity contribution in [1.29, 1.82) is 0 Å². The van der Waals surface area contributed by atoms with Crippen molar-refractivity contribution >= 4 is 5.91 Å². The molecule has 0 saturated heterocycles. The van der Waals surface area contributed by atoms with Crippen LogP contribution in [0.15, 0.2) is 18.2 Å². The Bertz CT molecular complexity index is 434. The van der Waals surface area contributed by atoms with Gasteiger partial charge in [0.1, 0.15) is 0 Å². The molecule has 4 N–H and O–H groups in total. The zero-order chi connectivity index (χ0) is 14.5. The van der Waals surface area contributed by atoms with Crippen molar-refractivity contribution in [1.82, 2.24) is 5.32 Å². The molecular weight excluding hydrogens is 250 g/mol. The van der Waals surface area contributed by atoms with Crippen LogP contribution in [0.5, 0.6) is 11.5 Å². The summed E-state index contributed by atoms with van der Waals surface area (Å²) in [5.41, 5.74) is -0.842. The zero-order valence-corrected chi connectivity index (χ0v) is 11.0. The lowest BCUT2D eigenvalue weighted by atomic mass is 9.98. The van der Waals surface area contributed by atoms with E-state index in [2.05, 4.69) is 5.32 Å². The minimum Gasteiger partial charge on any atom is -0.504 e. The number of rotatable bonds is 6. The molecule has 0 aliphatic carbocycles. The second-order valence-corrected chi connectivity index (χ2v) is 4.29. The van der Waals surface area contributed by atoms with Gasteiger partial charge in [-0.05, 0) is 24.6 Å². The van der Waals surface area contributed by atoms with E-state index in [1.165, 1.54) is 25.3 Å². The number of benzene rings is 1. The molecule has 6 nitrogen and oxygen atoms in total. The van der Waals surface area contributed by atoms with Crippen molar-refractivity contribution in [3.8, 4) is 11.5 Å². The molecule has 1 amide bonds. The summed E-state index contributed by atoms with van der Waals surface area (Å²) in [7, 11) is 1.41. The molecule has 0 fully saturated rings. The molecule has 0 bridgehead atoms. The number of hydrogen-bond acceptors (Lipinski definition) is 5. The maximum atomic E-state index is 12.0. The smallest absolute Gasteiger partial charge is 0.252 e. The van der Waals surface area contributed by atoms with Crippen LogP contribution in [0.1, 0.15) is 23.7 Å². The molecule has 0 aliphatic rings. The van der Waals surface area contributed by atoms with Crippen LogP contribution in [0.2, 0.25) is 0 Å². The first-order chi connectivity index (χ1) is 9.01. The lowest BCUT2D eigenvalue weighted by molar-refractivity contribution is 0.0652. The molecular formula is C13H19NO5. The third-order valence-corrected chi connectivity index (χ3v) is 3.10. The van der Waals surface area contributed by atoms with Gasteiger partial charge in [-0.1, -0.05) is 6.92 Å². The highest BCUT2D eigenvalue weighted by Crippen LogP contribution is 2.26. The molecule has 0 heterocycles. The predicted octanol–water partition coefficient (Wildman–Crippen LogP) is 0.264. The van der Waals surface area contributed by atoms with Gasteiger partial charge in [0.15, 0.2) is 11.5 Å². The molecule has 0 unspecified atom stereocenters. The summed E-state index contributed by atoms with van der Waals surface area (Å²) in [6.45, 7) is 1.01. The molecule has 106 valence electrons. The SMILES string of the molecule is CCC(CO)(CO)NC(=O)c1ccc(OC)c(O)c1. The number of amides is 1. The number of carbonyl (C=O) groups is 1. The fourth-order valence-corrected chi connectivity index (χ4v) is 1.59. The van der Waals surface area contributed by atoms with Crippen molar-refractivity contribution in [2.75, 3.05) is 20.3 Å². The number of aliphatic hydroxyl groups excluding tert-OH is 2. The minimum atomic E-state index is -1.06. The number of nitrogens with one attached hydrogen (secondary N) is 1. The summed E-state index contributed by atoms with van der Waals surface area (Å²) >= 11 is 0. The van der Waals surface area contributed by atoms with Gasteiger partial charge in [-0.3, -0.25) is 4.79 Å². The van der Waals surface area contributed by atoms with Gasteiger partial charge in [-0.25, -0.2) is 0 Å². The highest BCUT2D eigenvalue weighted by atomic mass is 16.5. The zero-order valence-electron chi connectivity index (χ0n) is 11.0. The van der Waals surface area contributed by atoms with E-state index >= 15 is 0 Å². The highest BCUT2D eigenvalue weighted by molar-refractivity contribution is 5.95. The molecule has 6 heteroatoms. The van der Waals surface area contributed by atoms with Crippen LogP contribution in [-0.2, 0) is 0 Å². The average Bonchev–Trinajstić information content (AvgIpc) is 2.44. The maximum Gasteiger partial charge on any atom is 0.252 e. The molecule has 1 aromatic rings. The first-order valence-electron chi connectivity index (χ1n) is 5.93. The number of phenols is 1. The Morgan fingerprint density at radius 1 is 1.37 bits per heavy atom. The minimum absolute atomic E-state index is 0.148. The summed E-state index contributed by atoms with van der Waals surface area (Å²) in [6.07, 6.45) is 0.383. The molecule has 0 spiro atoms. The Hall–Kier alpha value is -1.79. The molecule has 0 atom stereocenters. The monoisotopic (exact) mass is 269 g/mol. The summed E-state index contributed by atoms with van der Waals surface area (Å²) in [5, 5.41) is 30.7. The third-order valence-electron chi connectivity index (χ3n) is 3.10. The maximum absolute atomic E-state index is 12.0. The standard InChI is InChI=1S/C13H19NO5/c1-3-13(7-15,8-16)14-12(18)9-4-5-11(19-2)10(17)6-9/h4-6,15-17H,3,7-8H2,1-2H3,(H,14,18). The lowest BCUT2D eigenvalue weighted by Gasteiger charge is -2.29. The number of hydrogen-bond donors (Lipinski definition) is 4. The average molecular weight is 269 g/mol. The van der Waals surface area contributed by atoms with Crippen LogP contribution in [-0.4, -0.2) is 47.1 Å². The van der Waals surface area contributed by atoms with Gasteiger partial charge in [0.25, 0.3) is 5.91 Å². The largest absolute Gasteiger partial charge is 0.504 e. The van der Waals surface area contributed by atoms with Gasteiger partial charge in [0, 0.05) is 5.56 Å². The van der Waals surface area contributed by atoms with Gasteiger partial charge in [-0.2, -0.15) is 0 Å². The number of carbonyl (C=O) groups excluding carboxylic acids is 1. The van der Waals surface area contributed by atoms with E-state index in [4.69, 9.17) is 4.74 Å². The first kappa shape index (κ1) is 15.3. The van der Waals surface area contributed by atoms with E-state index in [0.717, 1.165) is 0 Å². The Labute approximate surface area is 111 Å². The molecule has 0 aromatic heterocycles. The fraction of sp³-hybridized carbons (Fsp3) is 0.462. The second kappa shape index (κ2) is 6.40. The van der Waals surface area contributed by atoms with Crippen molar-refractivity contribution in [2.45, 2.75) is 18.9 Å². The van der Waals surface area contributed by atoms with E-state index in [-0.39, 0.29) is 30.3 Å². The van der Waals surface area contributed by atoms with Crippen LogP contribution in [0, 0.1) is 0 Å². The number of aliphatic hydroxyl groups is 2. The van der Waals surface area contributed by atoms with E-state index in [0.29, 0.717) is 6.42 Å². The summed E-state index contributed by atoms with van der Waals surface area (Å²) in [4.78, 5) is 12.0. The number of ether oxygens (including phenoxy) is 1. The molecule has 0 saturated carbocycles. The molecule has 0 radical (unpaired) electrons. The van der Waals surface area contributed by atoms with Crippen LogP contribution < -0.4 is 10.1 Å². The Kier molecular flexibility index (Phi) is 5.14. The quantitative estimate of drug-likeness (QED) is 0.594. The topological polar surface area (TPSA) is 99.0 Å². The molecule has 19 heavy (non-hydrogen) atoms. The molecule has 1 rings (SSSR count). The van der Waals surface area contributed by atoms with E-state index in [9.17, 15) is 20.1 Å². The fourth-order valence-electron chi connectivity index (χ4n) is 1.59. The Balaban J connectivity index is 2.92. The van der Waals surface area contributed by atoms with E-state index < -0.39 is 11.4 Å². The number of phenolic OH excluding ortho intramolecular Hbond substituents is 1. The van der Waals surface area contributed by atoms with Gasteiger partial charge >= 0.3 is 0 Å². The van der Waals surface area contributed by atoms with Crippen molar-refractivity contribution in [3.05, 3.63) is 23.8 Å². The lowest BCUT2D eigenvalue weighted by Crippen LogP contribution is -2.53.